The lowest BCUT2D eigenvalue weighted by Gasteiger charge is -1.92. The molecule has 1 aromatic rings. The largest absolute Gasteiger partial charge is 0.338 e. The fraction of sp³-hybridized carbons (Fsp3) is 0. The zero-order valence-corrected chi connectivity index (χ0v) is 6.45. The van der Waals surface area contributed by atoms with Gasteiger partial charge in [0.25, 0.3) is 0 Å². The van der Waals surface area contributed by atoms with E-state index in [2.05, 4.69) is 0 Å². The van der Waals surface area contributed by atoms with Crippen molar-refractivity contribution >= 4 is 11.8 Å². The third-order valence-corrected chi connectivity index (χ3v) is 1.84. The molecule has 0 aliphatic carbocycles. The highest BCUT2D eigenvalue weighted by Crippen LogP contribution is 2.19. The first-order valence-electron chi connectivity index (χ1n) is 2.97. The van der Waals surface area contributed by atoms with E-state index in [1.807, 2.05) is 30.3 Å². The van der Waals surface area contributed by atoms with Crippen LogP contribution >= 0.6 is 11.8 Å². The van der Waals surface area contributed by atoms with E-state index in [1.165, 1.54) is 0 Å². The third-order valence-electron chi connectivity index (χ3n) is 1.02. The van der Waals surface area contributed by atoms with Crippen LogP contribution in [0.1, 0.15) is 0 Å². The van der Waals surface area contributed by atoms with Crippen LogP contribution in [0.3, 0.4) is 0 Å². The van der Waals surface area contributed by atoms with Crippen molar-refractivity contribution in [1.29, 1.82) is 0 Å². The highest BCUT2D eigenvalue weighted by molar-refractivity contribution is 8.01. The molecule has 0 atom stereocenters. The van der Waals surface area contributed by atoms with Gasteiger partial charge in [-0.3, -0.25) is 10.1 Å². The van der Waals surface area contributed by atoms with E-state index in [9.17, 15) is 10.1 Å². The summed E-state index contributed by atoms with van der Waals surface area (Å²) >= 11 is 1.10. The molecule has 57 valence electrons. The molecule has 0 bridgehead atoms. The Morgan fingerprint density at radius 1 is 1.36 bits per heavy atom. The average molecular weight is 168 g/mol. The molecule has 0 aromatic heterocycles. The van der Waals surface area contributed by atoms with Crippen molar-refractivity contribution in [2.24, 2.45) is 0 Å². The number of hydrogen-bond donors (Lipinski definition) is 0. The number of benzene rings is 1. The predicted octanol–water partition coefficient (Wildman–Crippen LogP) is 2.17. The summed E-state index contributed by atoms with van der Waals surface area (Å²) in [6.45, 7) is 0. The molecule has 0 saturated carbocycles. The summed E-state index contributed by atoms with van der Waals surface area (Å²) in [7, 11) is 0. The van der Waals surface area contributed by atoms with E-state index in [4.69, 9.17) is 0 Å². The normalized spacial score (nSPS) is 9.45. The van der Waals surface area contributed by atoms with Crippen LogP contribution in [-0.2, 0) is 0 Å². The summed E-state index contributed by atoms with van der Waals surface area (Å²) in [6, 6.07) is 9.21. The van der Waals surface area contributed by atoms with Gasteiger partial charge in [0, 0.05) is 9.82 Å². The maximum atomic E-state index is 9.90. The summed E-state index contributed by atoms with van der Waals surface area (Å²) in [4.78, 5) is 10.3. The van der Waals surface area contributed by atoms with Crippen LogP contribution in [0.15, 0.2) is 35.2 Å². The molecule has 0 amide bonds. The predicted molar refractivity (Wildman–Crippen MR) is 43.6 cm³/mol. The Morgan fingerprint density at radius 2 is 2.00 bits per heavy atom. The van der Waals surface area contributed by atoms with Crippen LogP contribution in [0.4, 0.5) is 0 Å². The molecule has 11 heavy (non-hydrogen) atoms. The molecular weight excluding hydrogens is 162 g/mol. The first kappa shape index (κ1) is 8.07. The number of nitro groups is 1. The first-order valence-corrected chi connectivity index (χ1v) is 3.85. The highest BCUT2D eigenvalue weighted by Gasteiger charge is 2.00. The summed E-state index contributed by atoms with van der Waals surface area (Å²) in [5.74, 6) is 0.968. The Kier molecular flexibility index (Phi) is 2.92. The number of thioether (sulfide) groups is 1. The van der Waals surface area contributed by atoms with Crippen LogP contribution in [0.2, 0.25) is 0 Å². The number of hydrogen-bond acceptors (Lipinski definition) is 3. The monoisotopic (exact) mass is 168 g/mol. The van der Waals surface area contributed by atoms with E-state index < -0.39 is 4.92 Å². The molecule has 0 saturated heterocycles. The fourth-order valence-electron chi connectivity index (χ4n) is 0.603. The van der Waals surface area contributed by atoms with Crippen molar-refractivity contribution in [2.75, 3.05) is 0 Å². The topological polar surface area (TPSA) is 43.1 Å². The Morgan fingerprint density at radius 3 is 2.55 bits per heavy atom. The first-order chi connectivity index (χ1) is 5.29. The molecule has 0 aliphatic rings. The number of rotatable bonds is 3. The lowest BCUT2D eigenvalue weighted by molar-refractivity contribution is -0.419. The third kappa shape index (κ3) is 3.04. The number of nitrogens with zero attached hydrogens (tertiary/aromatic N) is 1. The second-order valence-electron chi connectivity index (χ2n) is 1.82. The Bertz CT molecular complexity index is 237. The van der Waals surface area contributed by atoms with Crippen molar-refractivity contribution in [2.45, 2.75) is 4.90 Å². The summed E-state index contributed by atoms with van der Waals surface area (Å²) < 4.78 is 0. The molecule has 0 N–H and O–H groups in total. The Labute approximate surface area is 68.6 Å². The molecule has 0 spiro atoms. The molecular formula is C7H6NO2S. The minimum atomic E-state index is -0.461. The molecule has 0 heterocycles. The van der Waals surface area contributed by atoms with Gasteiger partial charge in [-0.15, -0.1) is 0 Å². The fourth-order valence-corrected chi connectivity index (χ4v) is 1.13. The van der Waals surface area contributed by atoms with Crippen LogP contribution in [0.5, 0.6) is 0 Å². The van der Waals surface area contributed by atoms with Gasteiger partial charge in [-0.1, -0.05) is 18.2 Å². The highest BCUT2D eigenvalue weighted by atomic mass is 32.2. The van der Waals surface area contributed by atoms with Gasteiger partial charge in [0.05, 0.1) is 0 Å². The van der Waals surface area contributed by atoms with Crippen LogP contribution in [0, 0.1) is 16.0 Å². The quantitative estimate of drug-likeness (QED) is 0.394. The van der Waals surface area contributed by atoms with Crippen molar-refractivity contribution < 1.29 is 4.92 Å². The average Bonchev–Trinajstić information content (AvgIpc) is 2.03. The maximum Gasteiger partial charge on any atom is 0.338 e. The Balaban J connectivity index is 2.45. The second kappa shape index (κ2) is 3.98. The van der Waals surface area contributed by atoms with Crippen molar-refractivity contribution in [1.82, 2.24) is 0 Å². The minimum absolute atomic E-state index is 0.461. The summed E-state index contributed by atoms with van der Waals surface area (Å²) in [5.41, 5.74) is 0. The van der Waals surface area contributed by atoms with Crippen molar-refractivity contribution in [3.8, 4) is 0 Å². The standard InChI is InChI=1S/C7H6NO2S/c9-8(10)6-11-7-4-2-1-3-5-7/h1-6H. The van der Waals surface area contributed by atoms with Crippen LogP contribution in [-0.4, -0.2) is 4.92 Å². The lowest BCUT2D eigenvalue weighted by atomic mass is 10.4. The van der Waals surface area contributed by atoms with Gasteiger partial charge in [0.1, 0.15) is 0 Å². The minimum Gasteiger partial charge on any atom is -0.263 e. The van der Waals surface area contributed by atoms with E-state index in [-0.39, 0.29) is 0 Å². The van der Waals surface area contributed by atoms with Crippen molar-refractivity contribution in [3.63, 3.8) is 0 Å². The molecule has 4 heteroatoms. The summed E-state index contributed by atoms with van der Waals surface area (Å²) in [6.07, 6.45) is 0. The van der Waals surface area contributed by atoms with Gasteiger partial charge in [0.15, 0.2) is 0 Å². The van der Waals surface area contributed by atoms with Crippen LogP contribution in [0.25, 0.3) is 0 Å². The van der Waals surface area contributed by atoms with E-state index >= 15 is 0 Å². The van der Waals surface area contributed by atoms with E-state index in [0.717, 1.165) is 22.5 Å². The van der Waals surface area contributed by atoms with Gasteiger partial charge in [-0.25, -0.2) is 0 Å². The second-order valence-corrected chi connectivity index (χ2v) is 2.74. The molecule has 3 nitrogen and oxygen atoms in total. The van der Waals surface area contributed by atoms with Crippen molar-refractivity contribution in [3.05, 3.63) is 46.3 Å². The Hall–Kier alpha value is -1.03. The molecule has 1 radical (unpaired) electrons. The van der Waals surface area contributed by atoms with Gasteiger partial charge in [0.2, 0.25) is 0 Å². The summed E-state index contributed by atoms with van der Waals surface area (Å²) in [5, 5.41) is 9.90. The van der Waals surface area contributed by atoms with Gasteiger partial charge in [-0.2, -0.15) is 0 Å². The SMILES string of the molecule is O=[N+]([O-])[CH]Sc1ccccc1. The molecule has 1 rings (SSSR count). The molecule has 0 aliphatic heterocycles. The molecule has 0 unspecified atom stereocenters. The van der Waals surface area contributed by atoms with Gasteiger partial charge >= 0.3 is 5.88 Å². The smallest absolute Gasteiger partial charge is 0.263 e. The zero-order valence-electron chi connectivity index (χ0n) is 5.64. The van der Waals surface area contributed by atoms with Crippen LogP contribution < -0.4 is 0 Å². The zero-order chi connectivity index (χ0) is 8.10. The molecule has 1 aromatic carbocycles. The lowest BCUT2D eigenvalue weighted by Crippen LogP contribution is -1.87. The maximum absolute atomic E-state index is 9.90. The molecule has 0 fully saturated rings. The van der Waals surface area contributed by atoms with Gasteiger partial charge < -0.3 is 0 Å². The van der Waals surface area contributed by atoms with E-state index in [0.29, 0.717) is 0 Å². The van der Waals surface area contributed by atoms with Gasteiger partial charge in [-0.05, 0) is 23.9 Å². The van der Waals surface area contributed by atoms with E-state index in [1.54, 1.807) is 0 Å².